The van der Waals surface area contributed by atoms with Gasteiger partial charge >= 0.3 is 0 Å². The van der Waals surface area contributed by atoms with Gasteiger partial charge in [-0.2, -0.15) is 0 Å². The van der Waals surface area contributed by atoms with E-state index in [1.807, 2.05) is 37.3 Å². The van der Waals surface area contributed by atoms with Gasteiger partial charge in [0.2, 0.25) is 5.91 Å². The number of nitrogens with one attached hydrogen (secondary N) is 1. The van der Waals surface area contributed by atoms with E-state index in [4.69, 9.17) is 0 Å². The molecule has 2 rings (SSSR count). The summed E-state index contributed by atoms with van der Waals surface area (Å²) in [6.45, 7) is 1.86. The molecule has 0 aliphatic rings. The van der Waals surface area contributed by atoms with Gasteiger partial charge in [-0.15, -0.1) is 0 Å². The first-order chi connectivity index (χ1) is 11.0. The van der Waals surface area contributed by atoms with Gasteiger partial charge in [0, 0.05) is 44.5 Å². The van der Waals surface area contributed by atoms with E-state index in [1.54, 1.807) is 37.5 Å². The number of rotatable bonds is 5. The lowest BCUT2D eigenvalue weighted by Crippen LogP contribution is -2.38. The molecule has 0 fully saturated rings. The van der Waals surface area contributed by atoms with Crippen LogP contribution in [0.15, 0.2) is 48.8 Å². The molecule has 0 aliphatic heterocycles. The highest BCUT2D eigenvalue weighted by molar-refractivity contribution is 5.95. The number of benzene rings is 1. The highest BCUT2D eigenvalue weighted by Crippen LogP contribution is 2.20. The van der Waals surface area contributed by atoms with Gasteiger partial charge in [-0.05, 0) is 42.3 Å². The molecule has 0 spiro atoms. The Morgan fingerprint density at radius 2 is 1.87 bits per heavy atom. The maximum Gasteiger partial charge on any atom is 0.253 e. The smallest absolute Gasteiger partial charge is 0.253 e. The summed E-state index contributed by atoms with van der Waals surface area (Å²) >= 11 is 0. The van der Waals surface area contributed by atoms with Crippen molar-refractivity contribution in [3.8, 4) is 11.1 Å². The third-order valence-electron chi connectivity index (χ3n) is 3.86. The summed E-state index contributed by atoms with van der Waals surface area (Å²) < 4.78 is 0. The highest BCUT2D eigenvalue weighted by atomic mass is 16.2. The molecule has 5 nitrogen and oxygen atoms in total. The summed E-state index contributed by atoms with van der Waals surface area (Å²) in [6.07, 6.45) is 3.73. The molecule has 120 valence electrons. The van der Waals surface area contributed by atoms with Gasteiger partial charge in [-0.3, -0.25) is 14.6 Å². The van der Waals surface area contributed by atoms with Crippen molar-refractivity contribution in [3.05, 3.63) is 54.4 Å². The van der Waals surface area contributed by atoms with Crippen molar-refractivity contribution < 1.29 is 9.59 Å². The number of pyridine rings is 1. The Morgan fingerprint density at radius 3 is 2.52 bits per heavy atom. The van der Waals surface area contributed by atoms with Crippen LogP contribution in [0.4, 0.5) is 0 Å². The van der Waals surface area contributed by atoms with Crippen molar-refractivity contribution >= 4 is 11.8 Å². The van der Waals surface area contributed by atoms with Crippen LogP contribution in [-0.2, 0) is 4.79 Å². The summed E-state index contributed by atoms with van der Waals surface area (Å²) in [5.41, 5.74) is 2.58. The Morgan fingerprint density at radius 1 is 1.17 bits per heavy atom. The zero-order valence-electron chi connectivity index (χ0n) is 13.6. The fourth-order valence-electron chi connectivity index (χ4n) is 2.29. The second-order valence-corrected chi connectivity index (χ2v) is 5.46. The van der Waals surface area contributed by atoms with E-state index in [-0.39, 0.29) is 24.3 Å². The first-order valence-corrected chi connectivity index (χ1v) is 7.51. The number of hydrogen-bond acceptors (Lipinski definition) is 3. The Hall–Kier alpha value is -2.69. The third-order valence-corrected chi connectivity index (χ3v) is 3.86. The molecule has 0 bridgehead atoms. The summed E-state index contributed by atoms with van der Waals surface area (Å²) in [5, 5.41) is 2.58. The SMILES string of the molecule is CNC(=O)C[C@@H](C)N(C)C(=O)c1cccc(-c2ccncc2)c1. The average molecular weight is 311 g/mol. The predicted molar refractivity (Wildman–Crippen MR) is 89.9 cm³/mol. The zero-order chi connectivity index (χ0) is 16.8. The molecule has 0 unspecified atom stereocenters. The Labute approximate surface area is 136 Å². The fraction of sp³-hybridized carbons (Fsp3) is 0.278. The molecule has 0 radical (unpaired) electrons. The van der Waals surface area contributed by atoms with Gasteiger partial charge in [-0.25, -0.2) is 0 Å². The second-order valence-electron chi connectivity index (χ2n) is 5.46. The molecule has 0 saturated heterocycles. The van der Waals surface area contributed by atoms with Gasteiger partial charge in [0.25, 0.3) is 5.91 Å². The minimum absolute atomic E-state index is 0.0808. The lowest BCUT2D eigenvalue weighted by atomic mass is 10.0. The molecule has 0 saturated carbocycles. The second kappa shape index (κ2) is 7.54. The topological polar surface area (TPSA) is 62.3 Å². The van der Waals surface area contributed by atoms with Gasteiger partial charge in [0.05, 0.1) is 0 Å². The molecule has 5 heteroatoms. The van der Waals surface area contributed by atoms with Gasteiger partial charge in [-0.1, -0.05) is 12.1 Å². The van der Waals surface area contributed by atoms with Crippen LogP contribution >= 0.6 is 0 Å². The molecule has 1 heterocycles. The molecule has 2 aromatic rings. The maximum absolute atomic E-state index is 12.6. The molecule has 1 aromatic carbocycles. The summed E-state index contributed by atoms with van der Waals surface area (Å²) in [6, 6.07) is 11.1. The van der Waals surface area contributed by atoms with Crippen LogP contribution < -0.4 is 5.32 Å². The van der Waals surface area contributed by atoms with Gasteiger partial charge in [0.15, 0.2) is 0 Å². The minimum atomic E-state index is -0.174. The number of nitrogens with zero attached hydrogens (tertiary/aromatic N) is 2. The Balaban J connectivity index is 2.18. The third kappa shape index (κ3) is 4.16. The van der Waals surface area contributed by atoms with E-state index in [2.05, 4.69) is 10.3 Å². The fourth-order valence-corrected chi connectivity index (χ4v) is 2.29. The number of aromatic nitrogens is 1. The Kier molecular flexibility index (Phi) is 5.46. The monoisotopic (exact) mass is 311 g/mol. The summed E-state index contributed by atoms with van der Waals surface area (Å²) in [4.78, 5) is 29.7. The van der Waals surface area contributed by atoms with E-state index in [9.17, 15) is 9.59 Å². The zero-order valence-corrected chi connectivity index (χ0v) is 13.6. The van der Waals surface area contributed by atoms with Crippen molar-refractivity contribution in [2.75, 3.05) is 14.1 Å². The van der Waals surface area contributed by atoms with Crippen molar-refractivity contribution in [1.82, 2.24) is 15.2 Å². The van der Waals surface area contributed by atoms with Crippen molar-refractivity contribution in [1.29, 1.82) is 0 Å². The maximum atomic E-state index is 12.6. The van der Waals surface area contributed by atoms with Crippen LogP contribution in [0, 0.1) is 0 Å². The quantitative estimate of drug-likeness (QED) is 0.922. The molecule has 1 aromatic heterocycles. The van der Waals surface area contributed by atoms with E-state index in [0.717, 1.165) is 11.1 Å². The van der Waals surface area contributed by atoms with Crippen molar-refractivity contribution in [2.24, 2.45) is 0 Å². The molecule has 2 amide bonds. The molecular weight excluding hydrogens is 290 g/mol. The van der Waals surface area contributed by atoms with Crippen LogP contribution in [0.2, 0.25) is 0 Å². The average Bonchev–Trinajstić information content (AvgIpc) is 2.61. The van der Waals surface area contributed by atoms with Crippen LogP contribution in [0.25, 0.3) is 11.1 Å². The Bertz CT molecular complexity index is 686. The first-order valence-electron chi connectivity index (χ1n) is 7.51. The number of amides is 2. The minimum Gasteiger partial charge on any atom is -0.359 e. The first kappa shape index (κ1) is 16.7. The van der Waals surface area contributed by atoms with Gasteiger partial charge in [0.1, 0.15) is 0 Å². The predicted octanol–water partition coefficient (Wildman–Crippen LogP) is 2.35. The largest absolute Gasteiger partial charge is 0.359 e. The standard InChI is InChI=1S/C18H21N3O2/c1-13(11-17(22)19-2)21(3)18(23)16-6-4-5-15(12-16)14-7-9-20-10-8-14/h4-10,12-13H,11H2,1-3H3,(H,19,22)/t13-/m1/s1. The summed E-state index contributed by atoms with van der Waals surface area (Å²) in [7, 11) is 3.31. The number of carbonyl (C=O) groups excluding carboxylic acids is 2. The normalized spacial score (nSPS) is 11.6. The molecule has 0 aliphatic carbocycles. The van der Waals surface area contributed by atoms with Crippen LogP contribution in [0.3, 0.4) is 0 Å². The van der Waals surface area contributed by atoms with Crippen LogP contribution in [0.1, 0.15) is 23.7 Å². The molecule has 1 N–H and O–H groups in total. The van der Waals surface area contributed by atoms with E-state index >= 15 is 0 Å². The van der Waals surface area contributed by atoms with Gasteiger partial charge < -0.3 is 10.2 Å². The molecule has 1 atom stereocenters. The van der Waals surface area contributed by atoms with E-state index < -0.39 is 0 Å². The summed E-state index contributed by atoms with van der Waals surface area (Å²) in [5.74, 6) is -0.181. The molecular formula is C18H21N3O2. The van der Waals surface area contributed by atoms with E-state index in [0.29, 0.717) is 5.56 Å². The van der Waals surface area contributed by atoms with Crippen LogP contribution in [0.5, 0.6) is 0 Å². The number of carbonyl (C=O) groups is 2. The lowest BCUT2D eigenvalue weighted by molar-refractivity contribution is -0.121. The van der Waals surface area contributed by atoms with Crippen molar-refractivity contribution in [2.45, 2.75) is 19.4 Å². The van der Waals surface area contributed by atoms with Crippen molar-refractivity contribution in [3.63, 3.8) is 0 Å². The lowest BCUT2D eigenvalue weighted by Gasteiger charge is -2.24. The highest BCUT2D eigenvalue weighted by Gasteiger charge is 2.19. The number of hydrogen-bond donors (Lipinski definition) is 1. The van der Waals surface area contributed by atoms with Crippen LogP contribution in [-0.4, -0.2) is 41.8 Å². The molecule has 23 heavy (non-hydrogen) atoms. The van der Waals surface area contributed by atoms with E-state index in [1.165, 1.54) is 0 Å².